The fourth-order valence-corrected chi connectivity index (χ4v) is 9.20. The number of H-pyrrole nitrogens is 1. The van der Waals surface area contributed by atoms with Gasteiger partial charge in [0, 0.05) is 30.6 Å². The molecule has 0 amide bonds. The highest BCUT2D eigenvalue weighted by Gasteiger charge is 3.10. The molecule has 7 rings (SSSR count). The molecule has 4 aliphatic carbocycles. The van der Waals surface area contributed by atoms with E-state index in [-0.39, 0.29) is 12.1 Å². The average Bonchev–Trinajstić information content (AvgIpc) is 3.45. The van der Waals surface area contributed by atoms with Crippen molar-refractivity contribution < 1.29 is 50.0 Å². The van der Waals surface area contributed by atoms with Gasteiger partial charge in [-0.3, -0.25) is 0 Å². The summed E-state index contributed by atoms with van der Waals surface area (Å²) in [5.41, 5.74) is -16.1. The first-order valence-corrected chi connectivity index (χ1v) is 12.2. The molecule has 3 saturated carbocycles. The molecule has 11 unspecified atom stereocenters. The highest BCUT2D eigenvalue weighted by Crippen LogP contribution is 2.90. The maximum atomic E-state index is 13.2. The molecule has 36 heavy (non-hydrogen) atoms. The van der Waals surface area contributed by atoms with Crippen molar-refractivity contribution in [3.63, 3.8) is 0 Å². The lowest BCUT2D eigenvalue weighted by Gasteiger charge is -2.59. The Kier molecular flexibility index (Phi) is 4.25. The van der Waals surface area contributed by atoms with E-state index in [0.717, 1.165) is 0 Å². The number of aliphatic hydroxyl groups is 7. The van der Waals surface area contributed by atoms with Crippen LogP contribution >= 0.6 is 0 Å². The van der Waals surface area contributed by atoms with Crippen LogP contribution in [0.3, 0.4) is 0 Å². The monoisotopic (exact) mass is 507 g/mol. The number of aliphatic hydroxyl groups excluding tert-OH is 2. The van der Waals surface area contributed by atoms with Crippen LogP contribution in [0.5, 0.6) is 0 Å². The van der Waals surface area contributed by atoms with Crippen LogP contribution < -0.4 is 0 Å². The molecule has 0 radical (unpaired) electrons. The van der Waals surface area contributed by atoms with Crippen LogP contribution in [0, 0.1) is 16.7 Å². The third kappa shape index (κ3) is 1.76. The fourth-order valence-electron chi connectivity index (χ4n) is 9.20. The van der Waals surface area contributed by atoms with Gasteiger partial charge in [0.25, 0.3) is 0 Å². The largest absolute Gasteiger partial charge is 0.451 e. The molecule has 2 saturated heterocycles. The van der Waals surface area contributed by atoms with E-state index in [0.29, 0.717) is 5.57 Å². The Labute approximate surface area is 207 Å². The van der Waals surface area contributed by atoms with Gasteiger partial charge in [0.05, 0.1) is 5.41 Å². The van der Waals surface area contributed by atoms with Crippen molar-refractivity contribution in [2.45, 2.75) is 86.5 Å². The van der Waals surface area contributed by atoms with E-state index in [4.69, 9.17) is 9.47 Å². The second-order valence-corrected chi connectivity index (χ2v) is 11.9. The molecule has 6 bridgehead atoms. The molecule has 3 heterocycles. The van der Waals surface area contributed by atoms with Gasteiger partial charge in [-0.05, 0) is 38.0 Å². The summed E-state index contributed by atoms with van der Waals surface area (Å²) in [6.07, 6.45) is -1.17. The second-order valence-electron chi connectivity index (χ2n) is 11.9. The molecule has 1 aromatic rings. The van der Waals surface area contributed by atoms with Gasteiger partial charge in [0.2, 0.25) is 0 Å². The quantitative estimate of drug-likeness (QED) is 0.179. The van der Waals surface area contributed by atoms with E-state index in [1.165, 1.54) is 33.0 Å². The number of ether oxygens (including phenoxy) is 2. The molecule has 1 aromatic heterocycles. The van der Waals surface area contributed by atoms with Gasteiger partial charge in [-0.2, -0.15) is 0 Å². The zero-order chi connectivity index (χ0) is 26.5. The van der Waals surface area contributed by atoms with Gasteiger partial charge in [-0.1, -0.05) is 19.9 Å². The maximum absolute atomic E-state index is 13.2. The fraction of sp³-hybridized carbons (Fsp3) is 0.720. The minimum absolute atomic E-state index is 0.000602. The summed E-state index contributed by atoms with van der Waals surface area (Å²) >= 11 is 0. The standard InChI is InChI=1S/C25H33NO10/c1-12-7-8-20(30)18(3)11-21(31)19(4)22(32,13(2)10-27)17(35-16(29)14-6-5-9-26-14)23(18,33)25(19,34)24(20,36-21)15(12)28/h5-7,9,13,15,17,26-28,30-34H,8,10-11H2,1-4H3. The van der Waals surface area contributed by atoms with Crippen molar-refractivity contribution in [2.75, 3.05) is 6.61 Å². The zero-order valence-corrected chi connectivity index (χ0v) is 20.5. The Morgan fingerprint density at radius 1 is 1.25 bits per heavy atom. The van der Waals surface area contributed by atoms with Crippen molar-refractivity contribution in [3.05, 3.63) is 35.7 Å². The highest BCUT2D eigenvalue weighted by atomic mass is 16.7. The first-order chi connectivity index (χ1) is 16.6. The van der Waals surface area contributed by atoms with Crippen molar-refractivity contribution in [1.82, 2.24) is 4.98 Å². The van der Waals surface area contributed by atoms with Gasteiger partial charge in [-0.25, -0.2) is 4.79 Å². The molecule has 11 heteroatoms. The van der Waals surface area contributed by atoms with Gasteiger partial charge >= 0.3 is 5.97 Å². The van der Waals surface area contributed by atoms with Crippen LogP contribution in [-0.2, 0) is 9.47 Å². The lowest BCUT2D eigenvalue weighted by molar-refractivity contribution is -0.380. The average molecular weight is 508 g/mol. The third-order valence-corrected chi connectivity index (χ3v) is 11.1. The number of aromatic amines is 1. The molecular formula is C25H33NO10. The van der Waals surface area contributed by atoms with E-state index in [9.17, 15) is 40.5 Å². The number of hydrogen-bond acceptors (Lipinski definition) is 10. The summed E-state index contributed by atoms with van der Waals surface area (Å²) in [6.45, 7) is 5.04. The first kappa shape index (κ1) is 24.5. The van der Waals surface area contributed by atoms with E-state index in [2.05, 4.69) is 4.98 Å². The molecule has 5 fully saturated rings. The number of carbonyl (C=O) groups excluding carboxylic acids is 1. The second kappa shape index (κ2) is 6.24. The van der Waals surface area contributed by atoms with Gasteiger partial charge < -0.3 is 50.2 Å². The van der Waals surface area contributed by atoms with E-state index in [1.54, 1.807) is 19.1 Å². The summed E-state index contributed by atoms with van der Waals surface area (Å²) in [6, 6.07) is 2.97. The lowest BCUT2D eigenvalue weighted by atomic mass is 9.52. The highest BCUT2D eigenvalue weighted by molar-refractivity contribution is 5.87. The molecule has 198 valence electrons. The van der Waals surface area contributed by atoms with E-state index < -0.39 is 81.7 Å². The summed E-state index contributed by atoms with van der Waals surface area (Å²) < 4.78 is 11.9. The summed E-state index contributed by atoms with van der Waals surface area (Å²) in [4.78, 5) is 15.9. The Balaban J connectivity index is 1.70. The van der Waals surface area contributed by atoms with E-state index >= 15 is 0 Å². The van der Waals surface area contributed by atoms with Crippen LogP contribution in [0.4, 0.5) is 0 Å². The SMILES string of the molecule is CC1=CCC2(O)C3(C)CC4(O)OC2(C1O)C1(O)C3(O)C(OC(=O)c2ccc[nH]2)C(O)(C(C)CO)C41C. The number of rotatable bonds is 4. The van der Waals surface area contributed by atoms with Crippen LogP contribution in [0.1, 0.15) is 51.0 Å². The minimum atomic E-state index is -2.74. The van der Waals surface area contributed by atoms with Crippen LogP contribution in [0.15, 0.2) is 30.0 Å². The van der Waals surface area contributed by atoms with Crippen LogP contribution in [0.2, 0.25) is 0 Å². The van der Waals surface area contributed by atoms with Crippen molar-refractivity contribution in [1.29, 1.82) is 0 Å². The van der Waals surface area contributed by atoms with E-state index in [1.807, 2.05) is 0 Å². The summed E-state index contributed by atoms with van der Waals surface area (Å²) in [5.74, 6) is -4.52. The van der Waals surface area contributed by atoms with Gasteiger partial charge in [0.1, 0.15) is 34.2 Å². The van der Waals surface area contributed by atoms with Crippen molar-refractivity contribution >= 4 is 5.97 Å². The molecule has 11 nitrogen and oxygen atoms in total. The molecule has 11 atom stereocenters. The topological polar surface area (TPSA) is 193 Å². The maximum Gasteiger partial charge on any atom is 0.355 e. The van der Waals surface area contributed by atoms with Crippen molar-refractivity contribution in [3.8, 4) is 0 Å². The molecule has 0 aromatic carbocycles. The molecule has 8 N–H and O–H groups in total. The van der Waals surface area contributed by atoms with Gasteiger partial charge in [0.15, 0.2) is 17.5 Å². The van der Waals surface area contributed by atoms with Gasteiger partial charge in [-0.15, -0.1) is 0 Å². The summed E-state index contributed by atoms with van der Waals surface area (Å²) in [5, 5.41) is 84.0. The summed E-state index contributed by atoms with van der Waals surface area (Å²) in [7, 11) is 0. The number of nitrogens with one attached hydrogen (secondary N) is 1. The Bertz CT molecular complexity index is 1200. The van der Waals surface area contributed by atoms with Crippen molar-refractivity contribution in [2.24, 2.45) is 16.7 Å². The predicted molar refractivity (Wildman–Crippen MR) is 120 cm³/mol. The molecule has 2 aliphatic heterocycles. The Morgan fingerprint density at radius 3 is 2.50 bits per heavy atom. The normalized spacial score (nSPS) is 57.0. The number of esters is 1. The molecule has 6 aliphatic rings. The molecular weight excluding hydrogens is 474 g/mol. The predicted octanol–water partition coefficient (Wildman–Crippen LogP) is -1.30. The zero-order valence-electron chi connectivity index (χ0n) is 20.5. The Morgan fingerprint density at radius 2 is 1.92 bits per heavy atom. The van der Waals surface area contributed by atoms with Crippen LogP contribution in [0.25, 0.3) is 0 Å². The number of aromatic nitrogens is 1. The smallest absolute Gasteiger partial charge is 0.355 e. The van der Waals surface area contributed by atoms with Crippen LogP contribution in [-0.4, -0.2) is 99.3 Å². The number of hydrogen-bond donors (Lipinski definition) is 8. The molecule has 1 spiro atoms. The first-order valence-electron chi connectivity index (χ1n) is 12.2. The third-order valence-electron chi connectivity index (χ3n) is 11.1. The minimum Gasteiger partial charge on any atom is -0.451 e. The Hall–Kier alpha value is -1.83. The number of carbonyl (C=O) groups is 1. The lowest BCUT2D eigenvalue weighted by Crippen LogP contribution is -2.74.